The van der Waals surface area contributed by atoms with E-state index in [0.29, 0.717) is 33.7 Å². The van der Waals surface area contributed by atoms with Gasteiger partial charge in [-0.05, 0) is 70.3 Å². The maximum atomic E-state index is 13.7. The molecule has 0 spiro atoms. The molecule has 7 nitrogen and oxygen atoms in total. The van der Waals surface area contributed by atoms with Gasteiger partial charge >= 0.3 is 5.97 Å². The number of aliphatic hydroxyl groups excluding tert-OH is 1. The lowest BCUT2D eigenvalue weighted by molar-refractivity contribution is -0.136. The molecule has 0 aliphatic carbocycles. The SMILES string of the molecule is COc1cc(C)c(/C(O)=C2\C(=O)C(=O)N(c3ccc(CC(=O)O)cc3)C2c2ccc(C(C)(C)C)cc2)cc1C(C)C. The number of aryl methyl sites for hydroxylation is 1. The molecule has 1 fully saturated rings. The first-order chi connectivity index (χ1) is 19.2. The summed E-state index contributed by atoms with van der Waals surface area (Å²) in [5, 5.41) is 20.9. The molecule has 3 aromatic carbocycles. The Hall–Kier alpha value is -4.39. The van der Waals surface area contributed by atoms with Crippen LogP contribution < -0.4 is 9.64 Å². The summed E-state index contributed by atoms with van der Waals surface area (Å²) in [4.78, 5) is 39.8. The standard InChI is InChI=1S/C34H37NO6/c1-19(2)25-18-26(20(3)16-27(25)41-7)31(38)29-30(22-10-12-23(13-11-22)34(4,5)6)35(33(40)32(29)39)24-14-8-21(9-15-24)17-28(36)37/h8-16,18-19,30,38H,17H2,1-7H3,(H,36,37)/b31-29+. The summed E-state index contributed by atoms with van der Waals surface area (Å²) in [6.45, 7) is 12.2. The molecule has 1 atom stereocenters. The number of Topliss-reactive ketones (excluding diaryl/α,β-unsaturated/α-hetero) is 1. The predicted octanol–water partition coefficient (Wildman–Crippen LogP) is 6.68. The molecule has 214 valence electrons. The Kier molecular flexibility index (Phi) is 8.11. The van der Waals surface area contributed by atoms with Crippen LogP contribution in [0.4, 0.5) is 5.69 Å². The van der Waals surface area contributed by atoms with Crippen LogP contribution in [0.25, 0.3) is 5.76 Å². The Morgan fingerprint density at radius 2 is 1.59 bits per heavy atom. The highest BCUT2D eigenvalue weighted by Gasteiger charge is 2.47. The van der Waals surface area contributed by atoms with Crippen molar-refractivity contribution in [2.45, 2.75) is 65.3 Å². The molecule has 0 bridgehead atoms. The van der Waals surface area contributed by atoms with Gasteiger partial charge in [-0.2, -0.15) is 0 Å². The molecular formula is C34H37NO6. The quantitative estimate of drug-likeness (QED) is 0.192. The van der Waals surface area contributed by atoms with E-state index in [1.54, 1.807) is 31.4 Å². The fraction of sp³-hybridized carbons (Fsp3) is 0.324. The third-order valence-electron chi connectivity index (χ3n) is 7.56. The Morgan fingerprint density at radius 1 is 0.976 bits per heavy atom. The number of rotatable bonds is 7. The summed E-state index contributed by atoms with van der Waals surface area (Å²) in [6, 6.07) is 17.0. The molecule has 0 saturated carbocycles. The second-order valence-corrected chi connectivity index (χ2v) is 11.8. The third kappa shape index (κ3) is 5.75. The van der Waals surface area contributed by atoms with Crippen LogP contribution in [0, 0.1) is 6.92 Å². The average Bonchev–Trinajstić information content (AvgIpc) is 3.17. The number of nitrogens with zero attached hydrogens (tertiary/aromatic N) is 1. The first-order valence-electron chi connectivity index (χ1n) is 13.7. The van der Waals surface area contributed by atoms with Crippen LogP contribution in [-0.2, 0) is 26.2 Å². The van der Waals surface area contributed by atoms with Crippen LogP contribution in [0.2, 0.25) is 0 Å². The smallest absolute Gasteiger partial charge is 0.307 e. The summed E-state index contributed by atoms with van der Waals surface area (Å²) in [6.07, 6.45) is -0.161. The van der Waals surface area contributed by atoms with Crippen LogP contribution in [0.5, 0.6) is 5.75 Å². The summed E-state index contributed by atoms with van der Waals surface area (Å²) in [5.74, 6) is -2.00. The van der Waals surface area contributed by atoms with E-state index in [-0.39, 0.29) is 29.1 Å². The molecule has 1 saturated heterocycles. The zero-order valence-electron chi connectivity index (χ0n) is 24.6. The zero-order chi connectivity index (χ0) is 30.2. The number of amides is 1. The van der Waals surface area contributed by atoms with Crippen molar-refractivity contribution >= 4 is 29.1 Å². The van der Waals surface area contributed by atoms with Gasteiger partial charge in [0.05, 0.1) is 25.1 Å². The Labute approximate surface area is 241 Å². The number of methoxy groups -OCH3 is 1. The Bertz CT molecular complexity index is 1530. The summed E-state index contributed by atoms with van der Waals surface area (Å²) < 4.78 is 5.56. The van der Waals surface area contributed by atoms with Gasteiger partial charge < -0.3 is 14.9 Å². The second kappa shape index (κ2) is 11.2. The van der Waals surface area contributed by atoms with Crippen LogP contribution in [0.3, 0.4) is 0 Å². The van der Waals surface area contributed by atoms with Crippen molar-refractivity contribution in [3.05, 3.63) is 99.6 Å². The predicted molar refractivity (Wildman–Crippen MR) is 160 cm³/mol. The van der Waals surface area contributed by atoms with E-state index >= 15 is 0 Å². The van der Waals surface area contributed by atoms with Gasteiger partial charge in [-0.1, -0.05) is 71.0 Å². The first-order valence-corrected chi connectivity index (χ1v) is 13.7. The number of aliphatic hydroxyl groups is 1. The molecule has 1 unspecified atom stereocenters. The van der Waals surface area contributed by atoms with Gasteiger partial charge in [-0.25, -0.2) is 0 Å². The number of hydrogen-bond donors (Lipinski definition) is 2. The molecule has 4 rings (SSSR count). The van der Waals surface area contributed by atoms with Crippen LogP contribution in [0.1, 0.15) is 80.0 Å². The Balaban J connectivity index is 1.94. The summed E-state index contributed by atoms with van der Waals surface area (Å²) in [7, 11) is 1.59. The number of ketones is 1. The van der Waals surface area contributed by atoms with Gasteiger partial charge in [0.1, 0.15) is 11.5 Å². The van der Waals surface area contributed by atoms with E-state index in [1.807, 2.05) is 57.2 Å². The molecule has 2 N–H and O–H groups in total. The summed E-state index contributed by atoms with van der Waals surface area (Å²) in [5.41, 5.74) is 4.68. The highest BCUT2D eigenvalue weighted by molar-refractivity contribution is 6.51. The maximum absolute atomic E-state index is 13.7. The number of carboxylic acids is 1. The minimum absolute atomic E-state index is 0.00362. The fourth-order valence-corrected chi connectivity index (χ4v) is 5.26. The molecule has 1 heterocycles. The molecule has 41 heavy (non-hydrogen) atoms. The number of carbonyl (C=O) groups is 3. The molecular weight excluding hydrogens is 518 g/mol. The molecule has 1 aliphatic heterocycles. The van der Waals surface area contributed by atoms with E-state index in [2.05, 4.69) is 20.8 Å². The fourth-order valence-electron chi connectivity index (χ4n) is 5.26. The molecule has 7 heteroatoms. The number of benzene rings is 3. The van der Waals surface area contributed by atoms with Crippen molar-refractivity contribution in [1.82, 2.24) is 0 Å². The minimum Gasteiger partial charge on any atom is -0.507 e. The van der Waals surface area contributed by atoms with Crippen molar-refractivity contribution in [2.75, 3.05) is 12.0 Å². The summed E-state index contributed by atoms with van der Waals surface area (Å²) >= 11 is 0. The third-order valence-corrected chi connectivity index (χ3v) is 7.56. The van der Waals surface area contributed by atoms with Gasteiger partial charge in [0, 0.05) is 11.3 Å². The molecule has 0 radical (unpaired) electrons. The van der Waals surface area contributed by atoms with Gasteiger partial charge in [0.15, 0.2) is 0 Å². The van der Waals surface area contributed by atoms with Crippen molar-refractivity contribution in [2.24, 2.45) is 0 Å². The molecule has 0 aromatic heterocycles. The lowest BCUT2D eigenvalue weighted by Crippen LogP contribution is -2.29. The Morgan fingerprint density at radius 3 is 2.10 bits per heavy atom. The number of carbonyl (C=O) groups excluding carboxylic acids is 2. The second-order valence-electron chi connectivity index (χ2n) is 11.8. The van der Waals surface area contributed by atoms with E-state index in [0.717, 1.165) is 11.1 Å². The van der Waals surface area contributed by atoms with E-state index in [4.69, 9.17) is 9.84 Å². The lowest BCUT2D eigenvalue weighted by atomic mass is 9.85. The van der Waals surface area contributed by atoms with Gasteiger partial charge in [0.25, 0.3) is 11.7 Å². The van der Waals surface area contributed by atoms with Crippen molar-refractivity contribution in [3.63, 3.8) is 0 Å². The number of carboxylic acid groups (broad SMARTS) is 1. The first kappa shape index (κ1) is 29.6. The van der Waals surface area contributed by atoms with Crippen LogP contribution in [-0.4, -0.2) is 35.0 Å². The topological polar surface area (TPSA) is 104 Å². The highest BCUT2D eigenvalue weighted by Crippen LogP contribution is 2.44. The highest BCUT2D eigenvalue weighted by atomic mass is 16.5. The number of anilines is 1. The molecule has 1 aliphatic rings. The molecule has 3 aromatic rings. The lowest BCUT2D eigenvalue weighted by Gasteiger charge is -2.27. The van der Waals surface area contributed by atoms with E-state index < -0.39 is 23.7 Å². The zero-order valence-corrected chi connectivity index (χ0v) is 24.6. The van der Waals surface area contributed by atoms with Crippen molar-refractivity contribution in [3.8, 4) is 5.75 Å². The maximum Gasteiger partial charge on any atom is 0.307 e. The van der Waals surface area contributed by atoms with Gasteiger partial charge in [-0.3, -0.25) is 19.3 Å². The molecule has 1 amide bonds. The van der Waals surface area contributed by atoms with Gasteiger partial charge in [0.2, 0.25) is 0 Å². The average molecular weight is 556 g/mol. The monoisotopic (exact) mass is 555 g/mol. The largest absolute Gasteiger partial charge is 0.507 e. The number of aliphatic carboxylic acids is 1. The normalized spacial score (nSPS) is 16.9. The number of hydrogen-bond acceptors (Lipinski definition) is 5. The minimum atomic E-state index is -0.965. The van der Waals surface area contributed by atoms with Gasteiger partial charge in [-0.15, -0.1) is 0 Å². The van der Waals surface area contributed by atoms with Crippen molar-refractivity contribution < 1.29 is 29.3 Å². The van der Waals surface area contributed by atoms with E-state index in [1.165, 1.54) is 4.90 Å². The van der Waals surface area contributed by atoms with Crippen LogP contribution in [0.15, 0.2) is 66.2 Å². The van der Waals surface area contributed by atoms with Crippen molar-refractivity contribution in [1.29, 1.82) is 0 Å². The van der Waals surface area contributed by atoms with E-state index in [9.17, 15) is 19.5 Å². The van der Waals surface area contributed by atoms with Crippen LogP contribution >= 0.6 is 0 Å². The number of ether oxygens (including phenoxy) is 1.